The molecule has 0 bridgehead atoms. The van der Waals surface area contributed by atoms with Crippen LogP contribution in [0.25, 0.3) is 0 Å². The number of aryl methyl sites for hydroxylation is 1. The fourth-order valence-corrected chi connectivity index (χ4v) is 3.20. The minimum Gasteiger partial charge on any atom is -0.493 e. The molecule has 7 nitrogen and oxygen atoms in total. The summed E-state index contributed by atoms with van der Waals surface area (Å²) in [4.78, 5) is 7.13. The SMILES string of the molecule is CCNC(=NCc1ccc(OCC(C)C)cc1)N1CCOC(c2cnn(C)c2)C1.I. The number of aromatic nitrogens is 2. The number of morpholine rings is 1. The van der Waals surface area contributed by atoms with Crippen molar-refractivity contribution in [3.8, 4) is 5.75 Å². The van der Waals surface area contributed by atoms with Gasteiger partial charge in [0, 0.05) is 31.9 Å². The van der Waals surface area contributed by atoms with Crippen molar-refractivity contribution in [2.75, 3.05) is 32.8 Å². The fraction of sp³-hybridized carbons (Fsp3) is 0.545. The zero-order valence-corrected chi connectivity index (χ0v) is 20.7. The van der Waals surface area contributed by atoms with Gasteiger partial charge < -0.3 is 19.7 Å². The molecule has 2 aromatic rings. The van der Waals surface area contributed by atoms with Crippen LogP contribution in [0, 0.1) is 5.92 Å². The number of aliphatic imine (C=N–C) groups is 1. The first-order valence-electron chi connectivity index (χ1n) is 10.4. The zero-order valence-electron chi connectivity index (χ0n) is 18.4. The van der Waals surface area contributed by atoms with Crippen molar-refractivity contribution < 1.29 is 9.47 Å². The molecule has 8 heteroatoms. The van der Waals surface area contributed by atoms with Crippen molar-refractivity contribution >= 4 is 29.9 Å². The monoisotopic (exact) mass is 527 g/mol. The maximum absolute atomic E-state index is 5.96. The summed E-state index contributed by atoms with van der Waals surface area (Å²) in [6.07, 6.45) is 3.90. The molecular formula is C22H34IN5O2. The van der Waals surface area contributed by atoms with E-state index in [1.165, 1.54) is 0 Å². The van der Waals surface area contributed by atoms with Gasteiger partial charge in [-0.05, 0) is 30.5 Å². The number of halogens is 1. The Hall–Kier alpha value is -1.81. The molecule has 1 saturated heterocycles. The Bertz CT molecular complexity index is 791. The van der Waals surface area contributed by atoms with Gasteiger partial charge in [0.2, 0.25) is 0 Å². The fourth-order valence-electron chi connectivity index (χ4n) is 3.20. The lowest BCUT2D eigenvalue weighted by Crippen LogP contribution is -2.48. The van der Waals surface area contributed by atoms with Gasteiger partial charge in [0.05, 0.1) is 32.5 Å². The Kier molecular flexibility index (Phi) is 9.90. The van der Waals surface area contributed by atoms with E-state index < -0.39 is 0 Å². The maximum atomic E-state index is 5.96. The molecule has 1 fully saturated rings. The second-order valence-electron chi connectivity index (χ2n) is 7.77. The van der Waals surface area contributed by atoms with E-state index in [0.717, 1.165) is 49.1 Å². The van der Waals surface area contributed by atoms with Crippen LogP contribution in [-0.4, -0.2) is 53.5 Å². The molecule has 1 unspecified atom stereocenters. The summed E-state index contributed by atoms with van der Waals surface area (Å²) in [5, 5.41) is 7.68. The smallest absolute Gasteiger partial charge is 0.194 e. The molecule has 0 spiro atoms. The average Bonchev–Trinajstić information content (AvgIpc) is 3.17. The van der Waals surface area contributed by atoms with Crippen molar-refractivity contribution in [1.29, 1.82) is 0 Å². The number of hydrogen-bond acceptors (Lipinski definition) is 4. The molecule has 2 heterocycles. The normalized spacial score (nSPS) is 17.0. The summed E-state index contributed by atoms with van der Waals surface area (Å²) in [6, 6.07) is 8.21. The van der Waals surface area contributed by atoms with Gasteiger partial charge in [-0.2, -0.15) is 5.10 Å². The predicted molar refractivity (Wildman–Crippen MR) is 130 cm³/mol. The van der Waals surface area contributed by atoms with Crippen LogP contribution in [-0.2, 0) is 18.3 Å². The van der Waals surface area contributed by atoms with E-state index in [2.05, 4.69) is 48.2 Å². The van der Waals surface area contributed by atoms with Crippen molar-refractivity contribution in [2.45, 2.75) is 33.4 Å². The highest BCUT2D eigenvalue weighted by Crippen LogP contribution is 2.22. The number of benzene rings is 1. The lowest BCUT2D eigenvalue weighted by molar-refractivity contribution is -0.00805. The maximum Gasteiger partial charge on any atom is 0.194 e. The first-order chi connectivity index (χ1) is 14.0. The van der Waals surface area contributed by atoms with Crippen molar-refractivity contribution in [3.63, 3.8) is 0 Å². The van der Waals surface area contributed by atoms with E-state index in [1.54, 1.807) is 0 Å². The third-order valence-electron chi connectivity index (χ3n) is 4.72. The number of nitrogens with one attached hydrogen (secondary N) is 1. The lowest BCUT2D eigenvalue weighted by Gasteiger charge is -2.34. The van der Waals surface area contributed by atoms with E-state index in [-0.39, 0.29) is 30.1 Å². The Balaban J connectivity index is 0.00000320. The minimum atomic E-state index is 0. The molecule has 0 saturated carbocycles. The molecule has 166 valence electrons. The van der Waals surface area contributed by atoms with Crippen LogP contribution in [0.5, 0.6) is 5.75 Å². The van der Waals surface area contributed by atoms with Crippen molar-refractivity contribution in [1.82, 2.24) is 20.0 Å². The van der Waals surface area contributed by atoms with E-state index in [0.29, 0.717) is 19.1 Å². The second-order valence-corrected chi connectivity index (χ2v) is 7.77. The van der Waals surface area contributed by atoms with Crippen LogP contribution in [0.2, 0.25) is 0 Å². The van der Waals surface area contributed by atoms with Gasteiger partial charge in [-0.1, -0.05) is 26.0 Å². The van der Waals surface area contributed by atoms with Gasteiger partial charge in [-0.3, -0.25) is 4.68 Å². The first-order valence-corrected chi connectivity index (χ1v) is 10.4. The largest absolute Gasteiger partial charge is 0.493 e. The number of nitrogens with zero attached hydrogens (tertiary/aromatic N) is 4. The molecule has 1 N–H and O–H groups in total. The summed E-state index contributed by atoms with van der Waals surface area (Å²) < 4.78 is 13.5. The van der Waals surface area contributed by atoms with Gasteiger partial charge in [-0.15, -0.1) is 24.0 Å². The molecule has 30 heavy (non-hydrogen) atoms. The molecule has 1 aromatic heterocycles. The molecule has 1 aliphatic heterocycles. The number of rotatable bonds is 7. The van der Waals surface area contributed by atoms with Gasteiger partial charge in [-0.25, -0.2) is 4.99 Å². The number of guanidine groups is 1. The van der Waals surface area contributed by atoms with Crippen LogP contribution in [0.3, 0.4) is 0 Å². The molecule has 1 aliphatic rings. The van der Waals surface area contributed by atoms with E-state index in [4.69, 9.17) is 14.5 Å². The molecule has 0 aliphatic carbocycles. The molecule has 0 radical (unpaired) electrons. The van der Waals surface area contributed by atoms with Gasteiger partial charge in [0.15, 0.2) is 5.96 Å². The third-order valence-corrected chi connectivity index (χ3v) is 4.72. The minimum absolute atomic E-state index is 0. The second kappa shape index (κ2) is 12.1. The summed E-state index contributed by atoms with van der Waals surface area (Å²) in [5.74, 6) is 2.35. The van der Waals surface area contributed by atoms with Crippen LogP contribution < -0.4 is 10.1 Å². The van der Waals surface area contributed by atoms with Crippen molar-refractivity contribution in [3.05, 3.63) is 47.8 Å². The summed E-state index contributed by atoms with van der Waals surface area (Å²) in [6.45, 7) is 10.8. The predicted octanol–water partition coefficient (Wildman–Crippen LogP) is 3.61. The standard InChI is InChI=1S/C22H33N5O2.HI/c1-5-23-22(24-12-18-6-8-20(9-7-18)29-16-17(2)3)27-10-11-28-21(15-27)19-13-25-26(4)14-19;/h6-9,13-14,17,21H,5,10-12,15-16H2,1-4H3,(H,23,24);1H. The quantitative estimate of drug-likeness (QED) is 0.339. The van der Waals surface area contributed by atoms with E-state index in [1.807, 2.05) is 36.3 Å². The molecule has 3 rings (SSSR count). The molecule has 1 aromatic carbocycles. The Morgan fingerprint density at radius 1 is 1.33 bits per heavy atom. The lowest BCUT2D eigenvalue weighted by atomic mass is 10.1. The summed E-state index contributed by atoms with van der Waals surface area (Å²) in [7, 11) is 1.93. The third kappa shape index (κ3) is 7.16. The Labute approximate surface area is 196 Å². The van der Waals surface area contributed by atoms with Crippen LogP contribution >= 0.6 is 24.0 Å². The Morgan fingerprint density at radius 3 is 2.73 bits per heavy atom. The van der Waals surface area contributed by atoms with E-state index >= 15 is 0 Å². The van der Waals surface area contributed by atoms with Crippen LogP contribution in [0.4, 0.5) is 0 Å². The van der Waals surface area contributed by atoms with Crippen LogP contribution in [0.15, 0.2) is 41.7 Å². The summed E-state index contributed by atoms with van der Waals surface area (Å²) >= 11 is 0. The van der Waals surface area contributed by atoms with Crippen molar-refractivity contribution in [2.24, 2.45) is 18.0 Å². The molecular weight excluding hydrogens is 493 g/mol. The van der Waals surface area contributed by atoms with Gasteiger partial charge >= 0.3 is 0 Å². The highest BCUT2D eigenvalue weighted by atomic mass is 127. The first kappa shape index (κ1) is 24.5. The Morgan fingerprint density at radius 2 is 2.10 bits per heavy atom. The molecule has 0 amide bonds. The van der Waals surface area contributed by atoms with Gasteiger partial charge in [0.25, 0.3) is 0 Å². The average molecular weight is 527 g/mol. The highest BCUT2D eigenvalue weighted by Gasteiger charge is 2.25. The molecule has 1 atom stereocenters. The topological polar surface area (TPSA) is 63.9 Å². The van der Waals surface area contributed by atoms with Gasteiger partial charge in [0.1, 0.15) is 11.9 Å². The summed E-state index contributed by atoms with van der Waals surface area (Å²) in [5.41, 5.74) is 2.26. The van der Waals surface area contributed by atoms with E-state index in [9.17, 15) is 0 Å². The number of ether oxygens (including phenoxy) is 2. The van der Waals surface area contributed by atoms with Crippen LogP contribution in [0.1, 0.15) is 38.0 Å². The zero-order chi connectivity index (χ0) is 20.6. The number of hydrogen-bond donors (Lipinski definition) is 1. The highest BCUT2D eigenvalue weighted by molar-refractivity contribution is 14.0.